The first-order valence-corrected chi connectivity index (χ1v) is 7.97. The predicted octanol–water partition coefficient (Wildman–Crippen LogP) is 3.71. The largest absolute Gasteiger partial charge is 0.316 e. The van der Waals surface area contributed by atoms with Gasteiger partial charge >= 0.3 is 0 Å². The van der Waals surface area contributed by atoms with Crippen molar-refractivity contribution in [1.29, 1.82) is 0 Å². The fraction of sp³-hybridized carbons (Fsp3) is 0.600. The molecule has 20 heavy (non-hydrogen) atoms. The van der Waals surface area contributed by atoms with Gasteiger partial charge in [0.1, 0.15) is 0 Å². The molecule has 1 fully saturated rings. The van der Waals surface area contributed by atoms with Crippen molar-refractivity contribution in [1.82, 2.24) is 5.32 Å². The van der Waals surface area contributed by atoms with Crippen LogP contribution in [0.25, 0.3) is 0 Å². The number of nitrogens with one attached hydrogen (secondary N) is 1. The second-order valence-electron chi connectivity index (χ2n) is 5.78. The zero-order chi connectivity index (χ0) is 14.7. The first kappa shape index (κ1) is 15.3. The summed E-state index contributed by atoms with van der Waals surface area (Å²) in [4.78, 5) is 11.4. The Morgan fingerprint density at radius 3 is 2.45 bits per heavy atom. The number of nitro groups is 1. The average molecular weight is 294 g/mol. The van der Waals surface area contributed by atoms with E-state index >= 15 is 0 Å². The first-order valence-electron chi connectivity index (χ1n) is 7.09. The van der Waals surface area contributed by atoms with Gasteiger partial charge in [-0.3, -0.25) is 10.1 Å². The lowest BCUT2D eigenvalue weighted by Gasteiger charge is -2.39. The molecule has 4 nitrogen and oxygen atoms in total. The quantitative estimate of drug-likeness (QED) is 0.679. The Morgan fingerprint density at radius 2 is 1.90 bits per heavy atom. The molecule has 0 radical (unpaired) electrons. The van der Waals surface area contributed by atoms with Crippen molar-refractivity contribution in [3.05, 3.63) is 34.4 Å². The lowest BCUT2D eigenvalue weighted by atomic mass is 9.80. The summed E-state index contributed by atoms with van der Waals surface area (Å²) in [6.07, 6.45) is 2.45. The van der Waals surface area contributed by atoms with E-state index in [9.17, 15) is 10.1 Å². The highest BCUT2D eigenvalue weighted by molar-refractivity contribution is 8.00. The number of rotatable bonds is 4. The van der Waals surface area contributed by atoms with Crippen molar-refractivity contribution in [2.75, 3.05) is 7.05 Å². The lowest BCUT2D eigenvalue weighted by molar-refractivity contribution is -0.384. The topological polar surface area (TPSA) is 55.2 Å². The van der Waals surface area contributed by atoms with Crippen LogP contribution in [0.5, 0.6) is 0 Å². The molecule has 0 heterocycles. The minimum Gasteiger partial charge on any atom is -0.316 e. The number of benzene rings is 1. The SMILES string of the molecule is CNC1CC(C)CC(C)C1Sc1ccc([N+](=O)[O-])cc1. The average Bonchev–Trinajstić information content (AvgIpc) is 2.42. The number of nitrogens with zero attached hydrogens (tertiary/aromatic N) is 1. The van der Waals surface area contributed by atoms with Gasteiger partial charge in [0.15, 0.2) is 0 Å². The fourth-order valence-electron chi connectivity index (χ4n) is 3.11. The summed E-state index contributed by atoms with van der Waals surface area (Å²) in [6.45, 7) is 4.62. The van der Waals surface area contributed by atoms with Crippen molar-refractivity contribution in [3.8, 4) is 0 Å². The van der Waals surface area contributed by atoms with E-state index in [0.717, 1.165) is 10.8 Å². The molecule has 110 valence electrons. The molecule has 1 aliphatic rings. The van der Waals surface area contributed by atoms with Crippen molar-refractivity contribution in [3.63, 3.8) is 0 Å². The molecule has 0 aromatic heterocycles. The summed E-state index contributed by atoms with van der Waals surface area (Å²) < 4.78 is 0. The molecule has 5 heteroatoms. The summed E-state index contributed by atoms with van der Waals surface area (Å²) >= 11 is 1.84. The first-order chi connectivity index (χ1) is 9.51. The molecule has 4 unspecified atom stereocenters. The highest BCUT2D eigenvalue weighted by Crippen LogP contribution is 2.39. The maximum Gasteiger partial charge on any atom is 0.269 e. The summed E-state index contributed by atoms with van der Waals surface area (Å²) in [5, 5.41) is 14.6. The number of nitro benzene ring substituents is 1. The second kappa shape index (κ2) is 6.59. The third-order valence-electron chi connectivity index (χ3n) is 4.08. The van der Waals surface area contributed by atoms with Crippen molar-refractivity contribution >= 4 is 17.4 Å². The standard InChI is InChI=1S/C15H22N2O2S/c1-10-8-11(2)15(14(9-10)16-3)20-13-6-4-12(5-7-13)17(18)19/h4-7,10-11,14-16H,8-9H2,1-3H3. The maximum absolute atomic E-state index is 10.7. The minimum absolute atomic E-state index is 0.157. The maximum atomic E-state index is 10.7. The van der Waals surface area contributed by atoms with Gasteiger partial charge in [0.05, 0.1) is 4.92 Å². The Labute approximate surface area is 124 Å². The van der Waals surface area contributed by atoms with Gasteiger partial charge in [-0.2, -0.15) is 0 Å². The number of hydrogen-bond acceptors (Lipinski definition) is 4. The molecular formula is C15H22N2O2S. The minimum atomic E-state index is -0.351. The normalized spacial score (nSPS) is 30.1. The van der Waals surface area contributed by atoms with Crippen molar-refractivity contribution < 1.29 is 4.92 Å². The third kappa shape index (κ3) is 3.52. The van der Waals surface area contributed by atoms with Crippen LogP contribution >= 0.6 is 11.8 Å². The summed E-state index contributed by atoms with van der Waals surface area (Å²) in [5.74, 6) is 1.41. The van der Waals surface area contributed by atoms with Crippen molar-refractivity contribution in [2.24, 2.45) is 11.8 Å². The van der Waals surface area contributed by atoms with Gasteiger partial charge in [0, 0.05) is 28.3 Å². The van der Waals surface area contributed by atoms with Crippen LogP contribution in [-0.4, -0.2) is 23.3 Å². The van der Waals surface area contributed by atoms with E-state index in [1.165, 1.54) is 12.8 Å². The lowest BCUT2D eigenvalue weighted by Crippen LogP contribution is -2.44. The van der Waals surface area contributed by atoms with E-state index in [-0.39, 0.29) is 10.6 Å². The van der Waals surface area contributed by atoms with Crippen molar-refractivity contribution in [2.45, 2.75) is 42.9 Å². The number of hydrogen-bond donors (Lipinski definition) is 1. The molecule has 0 saturated heterocycles. The molecule has 1 aromatic rings. The van der Waals surface area contributed by atoms with Gasteiger partial charge in [-0.15, -0.1) is 11.8 Å². The van der Waals surface area contributed by atoms with E-state index in [2.05, 4.69) is 19.2 Å². The van der Waals surface area contributed by atoms with Gasteiger partial charge in [0.2, 0.25) is 0 Å². The van der Waals surface area contributed by atoms with E-state index in [0.29, 0.717) is 17.2 Å². The van der Waals surface area contributed by atoms with Crippen LogP contribution < -0.4 is 5.32 Å². The van der Waals surface area contributed by atoms with E-state index < -0.39 is 0 Å². The molecule has 1 aliphatic carbocycles. The van der Waals surface area contributed by atoms with Crippen LogP contribution in [0.4, 0.5) is 5.69 Å². The smallest absolute Gasteiger partial charge is 0.269 e. The van der Waals surface area contributed by atoms with Crippen LogP contribution in [0.15, 0.2) is 29.2 Å². The van der Waals surface area contributed by atoms with Crippen LogP contribution in [0.2, 0.25) is 0 Å². The molecule has 2 rings (SSSR count). The van der Waals surface area contributed by atoms with Crippen LogP contribution in [-0.2, 0) is 0 Å². The Morgan fingerprint density at radius 1 is 1.25 bits per heavy atom. The van der Waals surface area contributed by atoms with E-state index in [1.54, 1.807) is 12.1 Å². The van der Waals surface area contributed by atoms with E-state index in [4.69, 9.17) is 0 Å². The molecule has 0 aliphatic heterocycles. The Balaban J connectivity index is 2.08. The second-order valence-corrected chi connectivity index (χ2v) is 7.03. The summed E-state index contributed by atoms with van der Waals surface area (Å²) in [7, 11) is 2.03. The Bertz CT molecular complexity index is 463. The highest BCUT2D eigenvalue weighted by Gasteiger charge is 2.33. The van der Waals surface area contributed by atoms with Crippen LogP contribution in [0, 0.1) is 22.0 Å². The van der Waals surface area contributed by atoms with Gasteiger partial charge in [-0.1, -0.05) is 13.8 Å². The molecule has 0 bridgehead atoms. The molecule has 1 aromatic carbocycles. The monoisotopic (exact) mass is 294 g/mol. The molecule has 0 spiro atoms. The summed E-state index contributed by atoms with van der Waals surface area (Å²) in [5.41, 5.74) is 0.157. The highest BCUT2D eigenvalue weighted by atomic mass is 32.2. The fourth-order valence-corrected chi connectivity index (χ4v) is 4.48. The third-order valence-corrected chi connectivity index (χ3v) is 5.69. The van der Waals surface area contributed by atoms with Gasteiger partial charge in [-0.25, -0.2) is 0 Å². The Hall–Kier alpha value is -1.07. The van der Waals surface area contributed by atoms with Gasteiger partial charge in [0.25, 0.3) is 5.69 Å². The molecule has 4 atom stereocenters. The van der Waals surface area contributed by atoms with Crippen LogP contribution in [0.1, 0.15) is 26.7 Å². The van der Waals surface area contributed by atoms with Crippen LogP contribution in [0.3, 0.4) is 0 Å². The molecule has 0 amide bonds. The van der Waals surface area contributed by atoms with E-state index in [1.807, 2.05) is 30.9 Å². The van der Waals surface area contributed by atoms with Gasteiger partial charge < -0.3 is 5.32 Å². The predicted molar refractivity (Wildman–Crippen MR) is 83.2 cm³/mol. The summed E-state index contributed by atoms with van der Waals surface area (Å²) in [6, 6.07) is 7.41. The molecular weight excluding hydrogens is 272 g/mol. The molecule has 1 saturated carbocycles. The zero-order valence-electron chi connectivity index (χ0n) is 12.2. The number of non-ortho nitro benzene ring substituents is 1. The number of thioether (sulfide) groups is 1. The Kier molecular flexibility index (Phi) is 5.05. The zero-order valence-corrected chi connectivity index (χ0v) is 13.0. The van der Waals surface area contributed by atoms with Gasteiger partial charge in [-0.05, 0) is 43.9 Å². The molecule has 1 N–H and O–H groups in total.